The van der Waals surface area contributed by atoms with Gasteiger partial charge in [0.15, 0.2) is 0 Å². The van der Waals surface area contributed by atoms with Crippen molar-refractivity contribution in [2.45, 2.75) is 110 Å². The molecular weight excluding hydrogens is 922 g/mol. The van der Waals surface area contributed by atoms with E-state index in [0.717, 1.165) is 63.9 Å². The Morgan fingerprint density at radius 1 is 1.00 bits per heavy atom. The lowest BCUT2D eigenvalue weighted by Gasteiger charge is -2.38. The maximum atomic E-state index is 14.1. The third-order valence-corrected chi connectivity index (χ3v) is 14.7. The van der Waals surface area contributed by atoms with E-state index in [1.165, 1.54) is 11.0 Å². The number of hydrogen-bond acceptors (Lipinski definition) is 12. The number of amides is 3. The maximum Gasteiger partial charge on any atom is 0.246 e. The Morgan fingerprint density at radius 2 is 1.77 bits per heavy atom. The topological polar surface area (TPSA) is 207 Å². The van der Waals surface area contributed by atoms with Crippen molar-refractivity contribution in [3.63, 3.8) is 0 Å². The van der Waals surface area contributed by atoms with Crippen molar-refractivity contribution < 1.29 is 29.0 Å². The number of aromatic nitrogens is 4. The van der Waals surface area contributed by atoms with Gasteiger partial charge in [-0.2, -0.15) is 0 Å². The van der Waals surface area contributed by atoms with E-state index in [0.29, 0.717) is 57.1 Å². The minimum Gasteiger partial charge on any atom is -0.391 e. The number of carbonyl (C=O) groups excluding carboxylic acids is 3. The van der Waals surface area contributed by atoms with Crippen molar-refractivity contribution >= 4 is 46.8 Å². The van der Waals surface area contributed by atoms with Crippen molar-refractivity contribution in [2.24, 2.45) is 5.41 Å². The molecule has 2 aromatic carbocycles. The van der Waals surface area contributed by atoms with E-state index in [4.69, 9.17) is 10.4 Å². The highest BCUT2D eigenvalue weighted by atomic mass is 32.1. The van der Waals surface area contributed by atoms with Crippen LogP contribution in [0.3, 0.4) is 0 Å². The van der Waals surface area contributed by atoms with Crippen LogP contribution < -0.4 is 15.5 Å². The molecule has 16 nitrogen and oxygen atoms in total. The van der Waals surface area contributed by atoms with Gasteiger partial charge in [-0.1, -0.05) is 63.2 Å². The third kappa shape index (κ3) is 12.8. The van der Waals surface area contributed by atoms with Crippen molar-refractivity contribution in [1.82, 2.24) is 45.3 Å². The van der Waals surface area contributed by atoms with Crippen molar-refractivity contribution in [1.29, 1.82) is 5.41 Å². The van der Waals surface area contributed by atoms with Crippen molar-refractivity contribution in [3.05, 3.63) is 113 Å². The molecule has 6 heterocycles. The van der Waals surface area contributed by atoms with Crippen LogP contribution in [0.15, 0.2) is 84.5 Å². The number of H-pyrrole nitrogens is 1. The number of anilines is 1. The number of aryl methyl sites for hydroxylation is 1. The number of nitrogens with one attached hydrogen (secondary N) is 4. The Labute approximate surface area is 418 Å². The van der Waals surface area contributed by atoms with Crippen LogP contribution in [-0.4, -0.2) is 132 Å². The summed E-state index contributed by atoms with van der Waals surface area (Å²) >= 11 is 1.57. The summed E-state index contributed by atoms with van der Waals surface area (Å²) in [5, 5.41) is 36.4. The first kappa shape index (κ1) is 51.0. The van der Waals surface area contributed by atoms with Gasteiger partial charge in [0, 0.05) is 58.7 Å². The summed E-state index contributed by atoms with van der Waals surface area (Å²) in [6, 6.07) is 18.5. The van der Waals surface area contributed by atoms with E-state index in [-0.39, 0.29) is 49.6 Å². The van der Waals surface area contributed by atoms with Crippen LogP contribution in [0.5, 0.6) is 0 Å². The van der Waals surface area contributed by atoms with Crippen LogP contribution in [0.25, 0.3) is 27.9 Å². The zero-order chi connectivity index (χ0) is 50.2. The van der Waals surface area contributed by atoms with E-state index in [1.54, 1.807) is 41.8 Å². The molecular formula is C53H66FN11O5S. The molecule has 0 saturated carbocycles. The Morgan fingerprint density at radius 3 is 2.51 bits per heavy atom. The first-order chi connectivity index (χ1) is 34.1. The number of rotatable bonds is 17. The monoisotopic (exact) mass is 987 g/mol. The second-order valence-electron chi connectivity index (χ2n) is 19.9. The summed E-state index contributed by atoms with van der Waals surface area (Å²) < 4.78 is 13.9. The predicted octanol–water partition coefficient (Wildman–Crippen LogP) is 6.68. The number of piperazine rings is 1. The fraction of sp³-hybridized carbons (Fsp3) is 0.453. The Bertz CT molecular complexity index is 2680. The van der Waals surface area contributed by atoms with Gasteiger partial charge in [0.05, 0.1) is 45.8 Å². The molecule has 5 atom stereocenters. The molecule has 0 bridgehead atoms. The number of unbranched alkanes of at least 4 members (excludes halogenated alkanes) is 1. The zero-order valence-electron chi connectivity index (χ0n) is 41.0. The Kier molecular flexibility index (Phi) is 16.4. The summed E-state index contributed by atoms with van der Waals surface area (Å²) in [4.78, 5) is 66.7. The molecule has 3 saturated heterocycles. The number of halogens is 1. The number of aliphatic hydroxyl groups excluding tert-OH is 2. The standard InChI is InChI=1S/C53H66FN11O5S/c1-34-49(71-33-58-34)36-19-17-35(18-20-36)30-57-51(69)43-29-39(66)32-65(43)52(70)50(53(2,3)4)61-47(67)15-5-6-16-48(68)63-26-24-62(25-27-63)46-14-8-12-40(60-46)41-31-56-45(59-41)22-21-44(55)64-23-9-13-42(64)37-10-7-11-38(54)28-37/h7-8,10-12,14,17-22,28,31,33,39,42-43,48,50,55,66,68H,5-6,9,13,15-16,23-27,29-30,32H2,1-4H3,(H,56,59)(H,57,69)(H,61,67)/b22-21-,55-44?/t39-,42-,43?,48?,50-/m1/s1. The number of aromatic amines is 1. The number of pyridine rings is 1. The molecule has 3 aliphatic rings. The molecule has 3 fully saturated rings. The molecule has 3 aliphatic heterocycles. The van der Waals surface area contributed by atoms with Gasteiger partial charge in [0.1, 0.15) is 41.6 Å². The van der Waals surface area contributed by atoms with Crippen molar-refractivity contribution in [3.8, 4) is 21.8 Å². The van der Waals surface area contributed by atoms with Crippen LogP contribution in [0, 0.1) is 23.6 Å². The minimum absolute atomic E-state index is 0.00137. The highest BCUT2D eigenvalue weighted by Gasteiger charge is 2.44. The van der Waals surface area contributed by atoms with E-state index >= 15 is 0 Å². The fourth-order valence-corrected chi connectivity index (χ4v) is 10.5. The van der Waals surface area contributed by atoms with Crippen LogP contribution in [0.1, 0.15) is 94.4 Å². The summed E-state index contributed by atoms with van der Waals surface area (Å²) in [6.45, 7) is 11.2. The van der Waals surface area contributed by atoms with Gasteiger partial charge in [0.25, 0.3) is 0 Å². The Balaban J connectivity index is 0.761. The van der Waals surface area contributed by atoms with Gasteiger partial charge in [-0.05, 0) is 97.6 Å². The number of benzene rings is 2. The quantitative estimate of drug-likeness (QED) is 0.0329. The van der Waals surface area contributed by atoms with E-state index < -0.39 is 35.7 Å². The summed E-state index contributed by atoms with van der Waals surface area (Å²) in [5.74, 6) is 0.440. The molecule has 2 unspecified atom stereocenters. The molecule has 0 radical (unpaired) electrons. The molecule has 8 rings (SSSR count). The van der Waals surface area contributed by atoms with Crippen molar-refractivity contribution in [2.75, 3.05) is 44.2 Å². The molecule has 3 amide bonds. The van der Waals surface area contributed by atoms with Crippen LogP contribution >= 0.6 is 11.3 Å². The molecule has 0 spiro atoms. The van der Waals surface area contributed by atoms with Gasteiger partial charge >= 0.3 is 0 Å². The second kappa shape index (κ2) is 22.8. The number of amidine groups is 1. The summed E-state index contributed by atoms with van der Waals surface area (Å²) in [7, 11) is 0. The Hall–Kier alpha value is -6.34. The summed E-state index contributed by atoms with van der Waals surface area (Å²) in [5.41, 5.74) is 6.42. The van der Waals surface area contributed by atoms with Gasteiger partial charge in [-0.25, -0.2) is 19.3 Å². The molecule has 18 heteroatoms. The number of likely N-dealkylation sites (tertiary alicyclic amines) is 2. The van der Waals surface area contributed by atoms with Gasteiger partial charge in [0.2, 0.25) is 17.7 Å². The lowest BCUT2D eigenvalue weighted by molar-refractivity contribution is -0.144. The maximum absolute atomic E-state index is 14.1. The fourth-order valence-electron chi connectivity index (χ4n) is 9.73. The van der Waals surface area contributed by atoms with Gasteiger partial charge in [-0.15, -0.1) is 11.3 Å². The largest absolute Gasteiger partial charge is 0.391 e. The minimum atomic E-state index is -0.916. The smallest absolute Gasteiger partial charge is 0.246 e. The highest BCUT2D eigenvalue weighted by Crippen LogP contribution is 2.33. The molecule has 71 heavy (non-hydrogen) atoms. The predicted molar refractivity (Wildman–Crippen MR) is 274 cm³/mol. The number of thiazole rings is 1. The van der Waals surface area contributed by atoms with E-state index in [2.05, 4.69) is 30.5 Å². The normalized spacial score (nSPS) is 19.6. The highest BCUT2D eigenvalue weighted by molar-refractivity contribution is 7.13. The van der Waals surface area contributed by atoms with Crippen LogP contribution in [-0.2, 0) is 20.9 Å². The SMILES string of the molecule is Cc1ncsc1-c1ccc(CNC(=O)C2C[C@@H](O)CN2C(=O)[C@@H](NC(=O)CCCCC(O)N2CCN(c3cccc(-c4cnc(/C=C\C(=N)N5CCC[C@@H]5c5cccc(F)c5)[nH]4)n3)CC2)C(C)(C)C)cc1. The molecule has 376 valence electrons. The van der Waals surface area contributed by atoms with E-state index in [9.17, 15) is 29.0 Å². The molecule has 6 N–H and O–H groups in total. The number of β-amino-alcohol motifs (C(OH)–C–C–N with tert-alkyl or cyclic N) is 1. The summed E-state index contributed by atoms with van der Waals surface area (Å²) in [6.07, 6.45) is 7.38. The molecule has 0 aliphatic carbocycles. The average Bonchev–Trinajstić information content (AvgIpc) is 4.21. The third-order valence-electron chi connectivity index (χ3n) is 13.7. The van der Waals surface area contributed by atoms with Crippen LogP contribution in [0.2, 0.25) is 0 Å². The first-order valence-electron chi connectivity index (χ1n) is 24.6. The van der Waals surface area contributed by atoms with Gasteiger partial charge in [-0.3, -0.25) is 24.7 Å². The van der Waals surface area contributed by atoms with Gasteiger partial charge < -0.3 is 40.5 Å². The number of hydrogen-bond donors (Lipinski definition) is 6. The average molecular weight is 988 g/mol. The number of imidazole rings is 1. The second-order valence-corrected chi connectivity index (χ2v) is 20.7. The zero-order valence-corrected chi connectivity index (χ0v) is 41.8. The molecule has 3 aromatic heterocycles. The lowest BCUT2D eigenvalue weighted by atomic mass is 9.85. The lowest BCUT2D eigenvalue weighted by Crippen LogP contribution is -2.57. The van der Waals surface area contributed by atoms with E-state index in [1.807, 2.05) is 91.5 Å². The first-order valence-corrected chi connectivity index (χ1v) is 25.5. The number of carbonyl (C=O) groups is 3. The number of aliphatic hydroxyl groups is 2. The number of nitrogens with zero attached hydrogens (tertiary/aromatic N) is 7. The van der Waals surface area contributed by atoms with Crippen LogP contribution in [0.4, 0.5) is 10.2 Å². The molecule has 5 aromatic rings.